The monoisotopic (exact) mass is 336 g/mol. The van der Waals surface area contributed by atoms with Crippen molar-refractivity contribution in [3.8, 4) is 5.75 Å². The third-order valence-corrected chi connectivity index (χ3v) is 4.48. The van der Waals surface area contributed by atoms with E-state index in [-0.39, 0.29) is 0 Å². The highest BCUT2D eigenvalue weighted by atomic mass is 35.5. The van der Waals surface area contributed by atoms with Gasteiger partial charge in [-0.25, -0.2) is 0 Å². The van der Waals surface area contributed by atoms with Gasteiger partial charge in [-0.1, -0.05) is 11.6 Å². The van der Waals surface area contributed by atoms with Gasteiger partial charge in [0.1, 0.15) is 5.75 Å². The average molecular weight is 337 g/mol. The Hall–Kier alpha value is -1.62. The molecule has 1 aliphatic heterocycles. The SMILES string of the molecule is CCN=C(NC1CC1)NC1CCN(c2cc(Cl)ccc2OC)C1. The minimum absolute atomic E-state index is 0.384. The van der Waals surface area contributed by atoms with E-state index < -0.39 is 0 Å². The number of halogens is 1. The Kier molecular flexibility index (Phi) is 5.16. The third-order valence-electron chi connectivity index (χ3n) is 4.25. The minimum atomic E-state index is 0.384. The molecule has 0 spiro atoms. The summed E-state index contributed by atoms with van der Waals surface area (Å²) in [4.78, 5) is 6.87. The van der Waals surface area contributed by atoms with Crippen LogP contribution in [0.1, 0.15) is 26.2 Å². The molecule has 3 rings (SSSR count). The lowest BCUT2D eigenvalue weighted by molar-refractivity contribution is 0.415. The maximum atomic E-state index is 6.15. The first-order valence-corrected chi connectivity index (χ1v) is 8.73. The molecule has 1 unspecified atom stereocenters. The molecule has 2 aliphatic rings. The molecule has 6 heteroatoms. The van der Waals surface area contributed by atoms with Gasteiger partial charge in [-0.05, 0) is 44.4 Å². The summed E-state index contributed by atoms with van der Waals surface area (Å²) in [7, 11) is 1.70. The molecule has 0 bridgehead atoms. The highest BCUT2D eigenvalue weighted by Crippen LogP contribution is 2.33. The van der Waals surface area contributed by atoms with Gasteiger partial charge < -0.3 is 20.3 Å². The third kappa shape index (κ3) is 4.22. The lowest BCUT2D eigenvalue weighted by atomic mass is 10.2. The molecule has 2 N–H and O–H groups in total. The van der Waals surface area contributed by atoms with Gasteiger partial charge in [0.05, 0.1) is 12.8 Å². The second kappa shape index (κ2) is 7.30. The summed E-state index contributed by atoms with van der Waals surface area (Å²) in [5.41, 5.74) is 1.06. The second-order valence-corrected chi connectivity index (χ2v) is 6.57. The Balaban J connectivity index is 1.63. The Morgan fingerprint density at radius 3 is 2.78 bits per heavy atom. The summed E-state index contributed by atoms with van der Waals surface area (Å²) in [5, 5.41) is 7.78. The molecule has 1 saturated heterocycles. The molecule has 1 aromatic carbocycles. The first-order valence-electron chi connectivity index (χ1n) is 8.35. The number of nitrogens with zero attached hydrogens (tertiary/aromatic N) is 2. The van der Waals surface area contributed by atoms with Crippen LogP contribution < -0.4 is 20.3 Å². The predicted molar refractivity (Wildman–Crippen MR) is 95.9 cm³/mol. The number of aliphatic imine (C=N–C) groups is 1. The molecule has 1 heterocycles. The zero-order valence-electron chi connectivity index (χ0n) is 13.8. The highest BCUT2D eigenvalue weighted by molar-refractivity contribution is 6.30. The van der Waals surface area contributed by atoms with Crippen LogP contribution in [0.25, 0.3) is 0 Å². The van der Waals surface area contributed by atoms with Crippen LogP contribution in [-0.2, 0) is 0 Å². The molecule has 0 amide bonds. The van der Waals surface area contributed by atoms with Gasteiger partial charge in [-0.3, -0.25) is 4.99 Å². The fraction of sp³-hybridized carbons (Fsp3) is 0.588. The van der Waals surface area contributed by atoms with E-state index in [4.69, 9.17) is 16.3 Å². The van der Waals surface area contributed by atoms with Gasteiger partial charge in [-0.2, -0.15) is 0 Å². The molecule has 23 heavy (non-hydrogen) atoms. The van der Waals surface area contributed by atoms with Crippen LogP contribution in [0.4, 0.5) is 5.69 Å². The van der Waals surface area contributed by atoms with Crippen molar-refractivity contribution >= 4 is 23.2 Å². The maximum Gasteiger partial charge on any atom is 0.191 e. The van der Waals surface area contributed by atoms with Gasteiger partial charge >= 0.3 is 0 Å². The van der Waals surface area contributed by atoms with E-state index in [1.165, 1.54) is 12.8 Å². The smallest absolute Gasteiger partial charge is 0.191 e. The summed E-state index contributed by atoms with van der Waals surface area (Å²) in [6.07, 6.45) is 3.58. The molecule has 1 saturated carbocycles. The van der Waals surface area contributed by atoms with Gasteiger partial charge in [-0.15, -0.1) is 0 Å². The number of anilines is 1. The number of hydrogen-bond acceptors (Lipinski definition) is 3. The van der Waals surface area contributed by atoms with Crippen LogP contribution in [0.15, 0.2) is 23.2 Å². The van der Waals surface area contributed by atoms with Crippen LogP contribution in [0.5, 0.6) is 5.75 Å². The largest absolute Gasteiger partial charge is 0.495 e. The van der Waals surface area contributed by atoms with Crippen molar-refractivity contribution in [3.63, 3.8) is 0 Å². The molecule has 2 fully saturated rings. The normalized spacial score (nSPS) is 21.4. The lowest BCUT2D eigenvalue weighted by Gasteiger charge is -2.22. The molecule has 126 valence electrons. The van der Waals surface area contributed by atoms with E-state index in [2.05, 4.69) is 27.4 Å². The molecular weight excluding hydrogens is 312 g/mol. The van der Waals surface area contributed by atoms with Crippen molar-refractivity contribution in [2.75, 3.05) is 31.6 Å². The van der Waals surface area contributed by atoms with Gasteiger partial charge in [0, 0.05) is 36.7 Å². The topological polar surface area (TPSA) is 48.9 Å². The van der Waals surface area contributed by atoms with E-state index in [0.29, 0.717) is 12.1 Å². The first-order chi connectivity index (χ1) is 11.2. The van der Waals surface area contributed by atoms with E-state index in [0.717, 1.165) is 48.5 Å². The standard InChI is InChI=1S/C17H25ClN4O/c1-3-19-17(20-13-5-6-13)21-14-8-9-22(11-14)15-10-12(18)4-7-16(15)23-2/h4,7,10,13-14H,3,5-6,8-9,11H2,1-2H3,(H2,19,20,21). The number of guanidine groups is 1. The molecule has 0 aromatic heterocycles. The predicted octanol–water partition coefficient (Wildman–Crippen LogP) is 2.64. The number of benzene rings is 1. The Morgan fingerprint density at radius 2 is 2.09 bits per heavy atom. The van der Waals surface area contributed by atoms with E-state index >= 15 is 0 Å². The second-order valence-electron chi connectivity index (χ2n) is 6.13. The van der Waals surface area contributed by atoms with E-state index in [1.54, 1.807) is 7.11 Å². The molecule has 1 aliphatic carbocycles. The summed E-state index contributed by atoms with van der Waals surface area (Å²) < 4.78 is 5.47. The molecule has 1 aromatic rings. The van der Waals surface area contributed by atoms with Crippen molar-refractivity contribution in [1.82, 2.24) is 10.6 Å². The number of methoxy groups -OCH3 is 1. The van der Waals surface area contributed by atoms with Crippen molar-refractivity contribution in [1.29, 1.82) is 0 Å². The zero-order chi connectivity index (χ0) is 16.2. The van der Waals surface area contributed by atoms with E-state index in [1.807, 2.05) is 18.2 Å². The van der Waals surface area contributed by atoms with Gasteiger partial charge in [0.2, 0.25) is 0 Å². The van der Waals surface area contributed by atoms with Crippen molar-refractivity contribution in [3.05, 3.63) is 23.2 Å². The molecule has 0 radical (unpaired) electrons. The Morgan fingerprint density at radius 1 is 1.30 bits per heavy atom. The summed E-state index contributed by atoms with van der Waals surface area (Å²) in [6, 6.07) is 6.76. The summed E-state index contributed by atoms with van der Waals surface area (Å²) in [6.45, 7) is 4.76. The fourth-order valence-corrected chi connectivity index (χ4v) is 3.08. The Bertz CT molecular complexity index is 574. The number of rotatable bonds is 5. The maximum absolute atomic E-state index is 6.15. The number of ether oxygens (including phenoxy) is 1. The zero-order valence-corrected chi connectivity index (χ0v) is 14.6. The minimum Gasteiger partial charge on any atom is -0.495 e. The summed E-state index contributed by atoms with van der Waals surface area (Å²) in [5.74, 6) is 1.81. The fourth-order valence-electron chi connectivity index (χ4n) is 2.91. The van der Waals surface area contributed by atoms with Crippen LogP contribution in [-0.4, -0.2) is 44.8 Å². The molecule has 1 atom stereocenters. The van der Waals surface area contributed by atoms with Gasteiger partial charge in [0.15, 0.2) is 5.96 Å². The van der Waals surface area contributed by atoms with E-state index in [9.17, 15) is 0 Å². The Labute approximate surface area is 143 Å². The van der Waals surface area contributed by atoms with Crippen molar-refractivity contribution < 1.29 is 4.74 Å². The van der Waals surface area contributed by atoms with Crippen LogP contribution in [0.3, 0.4) is 0 Å². The van der Waals surface area contributed by atoms with Crippen LogP contribution in [0, 0.1) is 0 Å². The summed E-state index contributed by atoms with van der Waals surface area (Å²) >= 11 is 6.15. The quantitative estimate of drug-likeness (QED) is 0.641. The van der Waals surface area contributed by atoms with Crippen molar-refractivity contribution in [2.45, 2.75) is 38.3 Å². The lowest BCUT2D eigenvalue weighted by Crippen LogP contribution is -2.45. The van der Waals surface area contributed by atoms with Gasteiger partial charge in [0.25, 0.3) is 0 Å². The first kappa shape index (κ1) is 16.2. The highest BCUT2D eigenvalue weighted by Gasteiger charge is 2.27. The van der Waals surface area contributed by atoms with Crippen LogP contribution >= 0.6 is 11.6 Å². The van der Waals surface area contributed by atoms with Crippen molar-refractivity contribution in [2.24, 2.45) is 4.99 Å². The number of nitrogens with one attached hydrogen (secondary N) is 2. The van der Waals surface area contributed by atoms with Crippen LogP contribution in [0.2, 0.25) is 5.02 Å². The average Bonchev–Trinajstić information content (AvgIpc) is 3.23. The molecular formula is C17H25ClN4O. The number of hydrogen-bond donors (Lipinski definition) is 2. The molecule has 5 nitrogen and oxygen atoms in total.